The Labute approximate surface area is 95.3 Å². The normalized spacial score (nSPS) is 23.6. The molecule has 16 heavy (non-hydrogen) atoms. The highest BCUT2D eigenvalue weighted by Gasteiger charge is 2.26. The fourth-order valence-electron chi connectivity index (χ4n) is 1.87. The standard InChI is InChI=1S/C12H17N3O/c13-9-7-11(8-9)15-12(16)5-4-10-3-1-2-6-14-10/h1-3,6,9,11H,4-5,7-8,13H2,(H,15,16). The summed E-state index contributed by atoms with van der Waals surface area (Å²) in [5.74, 6) is 0.0996. The smallest absolute Gasteiger partial charge is 0.220 e. The molecule has 1 aromatic heterocycles. The highest BCUT2D eigenvalue weighted by Crippen LogP contribution is 2.17. The minimum absolute atomic E-state index is 0.0996. The first-order valence-corrected chi connectivity index (χ1v) is 5.69. The van der Waals surface area contributed by atoms with Gasteiger partial charge in [-0.3, -0.25) is 9.78 Å². The number of nitrogens with one attached hydrogen (secondary N) is 1. The molecule has 4 heteroatoms. The molecule has 1 amide bonds. The van der Waals surface area contributed by atoms with Gasteiger partial charge in [0.2, 0.25) is 5.91 Å². The Hall–Kier alpha value is -1.42. The van der Waals surface area contributed by atoms with E-state index >= 15 is 0 Å². The van der Waals surface area contributed by atoms with Crippen LogP contribution in [0.4, 0.5) is 0 Å². The summed E-state index contributed by atoms with van der Waals surface area (Å²) in [7, 11) is 0. The summed E-state index contributed by atoms with van der Waals surface area (Å²) in [5, 5.41) is 2.97. The largest absolute Gasteiger partial charge is 0.353 e. The van der Waals surface area contributed by atoms with Gasteiger partial charge in [-0.05, 0) is 31.4 Å². The van der Waals surface area contributed by atoms with Gasteiger partial charge in [0.25, 0.3) is 0 Å². The van der Waals surface area contributed by atoms with Gasteiger partial charge in [-0.2, -0.15) is 0 Å². The Balaban J connectivity index is 1.68. The molecule has 0 aliphatic heterocycles. The number of nitrogens with two attached hydrogens (primary N) is 1. The van der Waals surface area contributed by atoms with Crippen molar-refractivity contribution in [3.8, 4) is 0 Å². The summed E-state index contributed by atoms with van der Waals surface area (Å²) < 4.78 is 0. The van der Waals surface area contributed by atoms with Gasteiger partial charge >= 0.3 is 0 Å². The lowest BCUT2D eigenvalue weighted by molar-refractivity contribution is -0.122. The number of amides is 1. The summed E-state index contributed by atoms with van der Waals surface area (Å²) in [6.45, 7) is 0. The van der Waals surface area contributed by atoms with Crippen molar-refractivity contribution in [3.05, 3.63) is 30.1 Å². The number of aromatic nitrogens is 1. The molecule has 1 aliphatic carbocycles. The average Bonchev–Trinajstić information content (AvgIpc) is 2.26. The Bertz CT molecular complexity index is 347. The molecular formula is C12H17N3O. The lowest BCUT2D eigenvalue weighted by Gasteiger charge is -2.32. The highest BCUT2D eigenvalue weighted by atomic mass is 16.1. The fraction of sp³-hybridized carbons (Fsp3) is 0.500. The summed E-state index contributed by atoms with van der Waals surface area (Å²) in [6, 6.07) is 6.32. The molecule has 0 unspecified atom stereocenters. The quantitative estimate of drug-likeness (QED) is 0.780. The topological polar surface area (TPSA) is 68.0 Å². The van der Waals surface area contributed by atoms with Crippen LogP contribution >= 0.6 is 0 Å². The second kappa shape index (κ2) is 5.07. The lowest BCUT2D eigenvalue weighted by atomic mass is 9.87. The Kier molecular flexibility index (Phi) is 3.51. The van der Waals surface area contributed by atoms with Gasteiger partial charge in [0.05, 0.1) is 0 Å². The molecule has 1 heterocycles. The van der Waals surface area contributed by atoms with Crippen LogP contribution in [0, 0.1) is 0 Å². The van der Waals surface area contributed by atoms with Gasteiger partial charge in [-0.1, -0.05) is 6.07 Å². The van der Waals surface area contributed by atoms with E-state index in [1.54, 1.807) is 6.20 Å². The summed E-state index contributed by atoms with van der Waals surface area (Å²) in [6.07, 6.45) is 4.77. The van der Waals surface area contributed by atoms with Gasteiger partial charge < -0.3 is 11.1 Å². The zero-order valence-corrected chi connectivity index (χ0v) is 9.23. The molecule has 0 saturated heterocycles. The van der Waals surface area contributed by atoms with Crippen molar-refractivity contribution in [1.82, 2.24) is 10.3 Å². The maximum absolute atomic E-state index is 11.5. The second-order valence-electron chi connectivity index (χ2n) is 4.32. The Morgan fingerprint density at radius 2 is 2.31 bits per heavy atom. The lowest BCUT2D eigenvalue weighted by Crippen LogP contribution is -2.50. The van der Waals surface area contributed by atoms with Crippen LogP contribution in [0.1, 0.15) is 25.0 Å². The van der Waals surface area contributed by atoms with Crippen molar-refractivity contribution in [2.24, 2.45) is 5.73 Å². The molecule has 0 atom stereocenters. The zero-order chi connectivity index (χ0) is 11.4. The molecule has 1 fully saturated rings. The van der Waals surface area contributed by atoms with E-state index in [2.05, 4.69) is 10.3 Å². The summed E-state index contributed by atoms with van der Waals surface area (Å²) >= 11 is 0. The van der Waals surface area contributed by atoms with E-state index in [1.807, 2.05) is 18.2 Å². The molecule has 1 aliphatic rings. The van der Waals surface area contributed by atoms with Gasteiger partial charge in [-0.15, -0.1) is 0 Å². The van der Waals surface area contributed by atoms with Crippen LogP contribution in [0.3, 0.4) is 0 Å². The van der Waals surface area contributed by atoms with Crippen LogP contribution in [0.5, 0.6) is 0 Å². The number of hydrogen-bond donors (Lipinski definition) is 2. The van der Waals surface area contributed by atoms with E-state index in [9.17, 15) is 4.79 Å². The molecule has 0 spiro atoms. The van der Waals surface area contributed by atoms with Crippen molar-refractivity contribution >= 4 is 5.91 Å². The van der Waals surface area contributed by atoms with E-state index in [1.165, 1.54) is 0 Å². The van der Waals surface area contributed by atoms with E-state index in [4.69, 9.17) is 5.73 Å². The van der Waals surface area contributed by atoms with Crippen LogP contribution in [-0.2, 0) is 11.2 Å². The summed E-state index contributed by atoms with van der Waals surface area (Å²) in [4.78, 5) is 15.7. The van der Waals surface area contributed by atoms with Crippen molar-refractivity contribution in [2.45, 2.75) is 37.8 Å². The van der Waals surface area contributed by atoms with Gasteiger partial charge in [0.15, 0.2) is 0 Å². The number of rotatable bonds is 4. The number of hydrogen-bond acceptors (Lipinski definition) is 3. The van der Waals surface area contributed by atoms with E-state index in [0.29, 0.717) is 18.9 Å². The van der Waals surface area contributed by atoms with Gasteiger partial charge in [0, 0.05) is 30.4 Å². The molecule has 0 bridgehead atoms. The molecule has 86 valence electrons. The zero-order valence-electron chi connectivity index (χ0n) is 9.23. The third-order valence-electron chi connectivity index (χ3n) is 2.87. The average molecular weight is 219 g/mol. The molecular weight excluding hydrogens is 202 g/mol. The predicted octanol–water partition coefficient (Wildman–Crippen LogP) is 0.620. The molecule has 1 saturated carbocycles. The van der Waals surface area contributed by atoms with E-state index in [-0.39, 0.29) is 11.9 Å². The number of aryl methyl sites for hydroxylation is 1. The fourth-order valence-corrected chi connectivity index (χ4v) is 1.87. The van der Waals surface area contributed by atoms with Crippen molar-refractivity contribution < 1.29 is 4.79 Å². The maximum atomic E-state index is 11.5. The van der Waals surface area contributed by atoms with Crippen LogP contribution in [0.25, 0.3) is 0 Å². The molecule has 3 N–H and O–H groups in total. The van der Waals surface area contributed by atoms with Gasteiger partial charge in [-0.25, -0.2) is 0 Å². The number of carbonyl (C=O) groups is 1. The minimum atomic E-state index is 0.0996. The van der Waals surface area contributed by atoms with Crippen LogP contribution in [-0.4, -0.2) is 23.0 Å². The SMILES string of the molecule is NC1CC(NC(=O)CCc2ccccn2)C1. The number of carbonyl (C=O) groups excluding carboxylic acids is 1. The van der Waals surface area contributed by atoms with E-state index in [0.717, 1.165) is 18.5 Å². The molecule has 1 aromatic rings. The Morgan fingerprint density at radius 1 is 1.50 bits per heavy atom. The first-order valence-electron chi connectivity index (χ1n) is 5.69. The monoisotopic (exact) mass is 219 g/mol. The first kappa shape index (κ1) is 11.1. The highest BCUT2D eigenvalue weighted by molar-refractivity contribution is 5.76. The summed E-state index contributed by atoms with van der Waals surface area (Å²) in [5.41, 5.74) is 6.61. The van der Waals surface area contributed by atoms with Crippen LogP contribution in [0.2, 0.25) is 0 Å². The Morgan fingerprint density at radius 3 is 2.94 bits per heavy atom. The molecule has 0 radical (unpaired) electrons. The van der Waals surface area contributed by atoms with Crippen molar-refractivity contribution in [1.29, 1.82) is 0 Å². The number of pyridine rings is 1. The van der Waals surface area contributed by atoms with Gasteiger partial charge in [0.1, 0.15) is 0 Å². The minimum Gasteiger partial charge on any atom is -0.353 e. The predicted molar refractivity (Wildman–Crippen MR) is 61.7 cm³/mol. The van der Waals surface area contributed by atoms with Crippen LogP contribution < -0.4 is 11.1 Å². The first-order chi connectivity index (χ1) is 7.74. The second-order valence-corrected chi connectivity index (χ2v) is 4.32. The molecule has 4 nitrogen and oxygen atoms in total. The number of nitrogens with zero attached hydrogens (tertiary/aromatic N) is 1. The van der Waals surface area contributed by atoms with Crippen molar-refractivity contribution in [2.75, 3.05) is 0 Å². The third-order valence-corrected chi connectivity index (χ3v) is 2.87. The molecule has 2 rings (SSSR count). The van der Waals surface area contributed by atoms with Crippen LogP contribution in [0.15, 0.2) is 24.4 Å². The molecule has 0 aromatic carbocycles. The van der Waals surface area contributed by atoms with E-state index < -0.39 is 0 Å². The third kappa shape index (κ3) is 3.03. The maximum Gasteiger partial charge on any atom is 0.220 e. The van der Waals surface area contributed by atoms with Crippen molar-refractivity contribution in [3.63, 3.8) is 0 Å².